The van der Waals surface area contributed by atoms with E-state index in [0.717, 1.165) is 31.6 Å². The summed E-state index contributed by atoms with van der Waals surface area (Å²) < 4.78 is 0. The van der Waals surface area contributed by atoms with Crippen molar-refractivity contribution < 1.29 is 9.59 Å². The summed E-state index contributed by atoms with van der Waals surface area (Å²) >= 11 is 3.23. The number of aromatic nitrogens is 1. The van der Waals surface area contributed by atoms with Gasteiger partial charge in [-0.25, -0.2) is 4.98 Å². The fourth-order valence-electron chi connectivity index (χ4n) is 2.70. The molecular formula is C20H21N3O2S2. The Morgan fingerprint density at radius 1 is 1.04 bits per heavy atom. The Kier molecular flexibility index (Phi) is 6.03. The third-order valence-corrected chi connectivity index (χ3v) is 5.77. The number of thiazole rings is 1. The average molecular weight is 400 g/mol. The molecule has 2 amide bonds. The van der Waals surface area contributed by atoms with Gasteiger partial charge in [0.15, 0.2) is 0 Å². The molecule has 2 N–H and O–H groups in total. The minimum Gasteiger partial charge on any atom is -0.350 e. The molecule has 0 unspecified atom stereocenters. The average Bonchev–Trinajstić information content (AvgIpc) is 3.25. The predicted octanol–water partition coefficient (Wildman–Crippen LogP) is 3.84. The maximum absolute atomic E-state index is 12.2. The van der Waals surface area contributed by atoms with E-state index in [1.54, 1.807) is 22.7 Å². The van der Waals surface area contributed by atoms with Crippen molar-refractivity contribution in [3.05, 3.63) is 62.3 Å². The summed E-state index contributed by atoms with van der Waals surface area (Å²) in [4.78, 5) is 30.8. The molecule has 2 aromatic heterocycles. The van der Waals surface area contributed by atoms with Crippen LogP contribution in [0.5, 0.6) is 0 Å². The first-order valence-electron chi connectivity index (χ1n) is 8.55. The standard InChI is InChI=1S/C20H21N3O2S2/c1-12-6-13(2)8-15(7-12)20(25)22-10-19(24)21-9-16-4-5-18(27-16)17-11-26-14(3)23-17/h4-8,11H,9-10H2,1-3H3,(H,21,24)(H,22,25). The van der Waals surface area contributed by atoms with Crippen molar-refractivity contribution in [1.82, 2.24) is 15.6 Å². The van der Waals surface area contributed by atoms with E-state index in [1.165, 1.54) is 0 Å². The number of amides is 2. The van der Waals surface area contributed by atoms with Gasteiger partial charge in [0.2, 0.25) is 5.91 Å². The van der Waals surface area contributed by atoms with Crippen molar-refractivity contribution in [2.75, 3.05) is 6.54 Å². The number of hydrogen-bond donors (Lipinski definition) is 2. The zero-order valence-electron chi connectivity index (χ0n) is 15.5. The molecule has 0 bridgehead atoms. The van der Waals surface area contributed by atoms with E-state index in [4.69, 9.17) is 0 Å². The summed E-state index contributed by atoms with van der Waals surface area (Å²) in [5.74, 6) is -0.457. The largest absolute Gasteiger partial charge is 0.350 e. The maximum atomic E-state index is 12.2. The summed E-state index contributed by atoms with van der Waals surface area (Å²) in [5, 5.41) is 8.57. The number of thiophene rings is 1. The highest BCUT2D eigenvalue weighted by Crippen LogP contribution is 2.28. The number of hydrogen-bond acceptors (Lipinski definition) is 5. The quantitative estimate of drug-likeness (QED) is 0.661. The maximum Gasteiger partial charge on any atom is 0.251 e. The van der Waals surface area contributed by atoms with Gasteiger partial charge in [0, 0.05) is 15.8 Å². The minimum absolute atomic E-state index is 0.0463. The highest BCUT2D eigenvalue weighted by molar-refractivity contribution is 7.16. The fraction of sp³-hybridized carbons (Fsp3) is 0.250. The first-order chi connectivity index (χ1) is 12.9. The molecule has 0 saturated heterocycles. The van der Waals surface area contributed by atoms with E-state index in [1.807, 2.05) is 56.5 Å². The van der Waals surface area contributed by atoms with Crippen molar-refractivity contribution in [2.45, 2.75) is 27.3 Å². The molecule has 3 aromatic rings. The molecule has 140 valence electrons. The molecule has 0 aliphatic carbocycles. The number of nitrogens with zero attached hydrogens (tertiary/aromatic N) is 1. The van der Waals surface area contributed by atoms with Crippen molar-refractivity contribution in [3.63, 3.8) is 0 Å². The lowest BCUT2D eigenvalue weighted by molar-refractivity contribution is -0.120. The minimum atomic E-state index is -0.241. The lowest BCUT2D eigenvalue weighted by Gasteiger charge is -2.07. The Labute approximate surface area is 166 Å². The molecular weight excluding hydrogens is 378 g/mol. The van der Waals surface area contributed by atoms with Crippen molar-refractivity contribution in [3.8, 4) is 10.6 Å². The number of carbonyl (C=O) groups excluding carboxylic acids is 2. The summed E-state index contributed by atoms with van der Waals surface area (Å²) in [6.07, 6.45) is 0. The summed E-state index contributed by atoms with van der Waals surface area (Å²) in [7, 11) is 0. The molecule has 0 saturated carbocycles. The molecule has 3 rings (SSSR count). The molecule has 1 aromatic carbocycles. The predicted molar refractivity (Wildman–Crippen MR) is 110 cm³/mol. The first-order valence-corrected chi connectivity index (χ1v) is 10.2. The van der Waals surface area contributed by atoms with Gasteiger partial charge in [-0.05, 0) is 45.0 Å². The van der Waals surface area contributed by atoms with Crippen LogP contribution in [0.4, 0.5) is 0 Å². The highest BCUT2D eigenvalue weighted by Gasteiger charge is 2.10. The van der Waals surface area contributed by atoms with Gasteiger partial charge in [0.05, 0.1) is 28.7 Å². The van der Waals surface area contributed by atoms with Crippen molar-refractivity contribution >= 4 is 34.5 Å². The lowest BCUT2D eigenvalue weighted by Crippen LogP contribution is -2.36. The van der Waals surface area contributed by atoms with E-state index >= 15 is 0 Å². The van der Waals surface area contributed by atoms with E-state index in [-0.39, 0.29) is 18.4 Å². The van der Waals surface area contributed by atoms with Crippen LogP contribution < -0.4 is 10.6 Å². The van der Waals surface area contributed by atoms with Gasteiger partial charge in [-0.1, -0.05) is 17.2 Å². The monoisotopic (exact) mass is 399 g/mol. The number of benzene rings is 1. The van der Waals surface area contributed by atoms with Crippen LogP contribution in [0.15, 0.2) is 35.7 Å². The van der Waals surface area contributed by atoms with E-state index in [2.05, 4.69) is 15.6 Å². The number of rotatable bonds is 6. The molecule has 0 aliphatic heterocycles. The molecule has 2 heterocycles. The van der Waals surface area contributed by atoms with Gasteiger partial charge in [-0.2, -0.15) is 0 Å². The Morgan fingerprint density at radius 3 is 2.44 bits per heavy atom. The lowest BCUT2D eigenvalue weighted by atomic mass is 10.1. The summed E-state index contributed by atoms with van der Waals surface area (Å²) in [6, 6.07) is 9.64. The molecule has 7 heteroatoms. The molecule has 0 atom stereocenters. The van der Waals surface area contributed by atoms with E-state index < -0.39 is 0 Å². The molecule has 0 radical (unpaired) electrons. The third-order valence-electron chi connectivity index (χ3n) is 3.89. The van der Waals surface area contributed by atoms with Gasteiger partial charge < -0.3 is 10.6 Å². The van der Waals surface area contributed by atoms with Crippen molar-refractivity contribution in [1.29, 1.82) is 0 Å². The normalized spacial score (nSPS) is 10.6. The van der Waals surface area contributed by atoms with Crippen LogP contribution in [0.2, 0.25) is 0 Å². The Bertz CT molecular complexity index is 955. The zero-order chi connectivity index (χ0) is 19.4. The van der Waals surface area contributed by atoms with Gasteiger partial charge in [0.25, 0.3) is 5.91 Å². The summed E-state index contributed by atoms with van der Waals surface area (Å²) in [5.41, 5.74) is 3.59. The van der Waals surface area contributed by atoms with Crippen LogP contribution in [0.1, 0.15) is 31.4 Å². The highest BCUT2D eigenvalue weighted by atomic mass is 32.1. The summed E-state index contributed by atoms with van der Waals surface area (Å²) in [6.45, 7) is 6.26. The second-order valence-electron chi connectivity index (χ2n) is 6.35. The topological polar surface area (TPSA) is 71.1 Å². The second-order valence-corrected chi connectivity index (χ2v) is 8.58. The molecule has 0 fully saturated rings. The van der Waals surface area contributed by atoms with Crippen LogP contribution in [-0.4, -0.2) is 23.3 Å². The molecule has 0 aliphatic rings. The smallest absolute Gasteiger partial charge is 0.251 e. The molecule has 27 heavy (non-hydrogen) atoms. The number of aryl methyl sites for hydroxylation is 3. The van der Waals surface area contributed by atoms with Crippen LogP contribution in [0.3, 0.4) is 0 Å². The molecule has 0 spiro atoms. The number of nitrogens with one attached hydrogen (secondary N) is 2. The SMILES string of the molecule is Cc1cc(C)cc(C(=O)NCC(=O)NCc2ccc(-c3csc(C)n3)s2)c1. The van der Waals surface area contributed by atoms with E-state index in [9.17, 15) is 9.59 Å². The van der Waals surface area contributed by atoms with Crippen molar-refractivity contribution in [2.24, 2.45) is 0 Å². The van der Waals surface area contributed by atoms with E-state index in [0.29, 0.717) is 12.1 Å². The van der Waals surface area contributed by atoms with Crippen LogP contribution in [0.25, 0.3) is 10.6 Å². The van der Waals surface area contributed by atoms with Gasteiger partial charge >= 0.3 is 0 Å². The zero-order valence-corrected chi connectivity index (χ0v) is 17.1. The van der Waals surface area contributed by atoms with Gasteiger partial charge in [-0.3, -0.25) is 9.59 Å². The first kappa shape index (κ1) is 19.3. The van der Waals surface area contributed by atoms with Gasteiger partial charge in [0.1, 0.15) is 0 Å². The van der Waals surface area contributed by atoms with Gasteiger partial charge in [-0.15, -0.1) is 22.7 Å². The fourth-order valence-corrected chi connectivity index (χ4v) is 4.30. The molecule has 5 nitrogen and oxygen atoms in total. The van der Waals surface area contributed by atoms with Crippen LogP contribution in [0, 0.1) is 20.8 Å². The number of carbonyl (C=O) groups is 2. The van der Waals surface area contributed by atoms with Crippen LogP contribution in [-0.2, 0) is 11.3 Å². The van der Waals surface area contributed by atoms with Crippen LogP contribution >= 0.6 is 22.7 Å². The Balaban J connectivity index is 1.48. The Morgan fingerprint density at radius 2 is 1.78 bits per heavy atom. The third kappa shape index (κ3) is 5.24. The Hall–Kier alpha value is -2.51. The second kappa shape index (κ2) is 8.45.